The van der Waals surface area contributed by atoms with E-state index in [1.807, 2.05) is 0 Å². The van der Waals surface area contributed by atoms with Crippen LogP contribution in [-0.2, 0) is 7.05 Å². The number of anilines is 3. The van der Waals surface area contributed by atoms with E-state index < -0.39 is 17.5 Å². The average molecular weight is 462 g/mol. The summed E-state index contributed by atoms with van der Waals surface area (Å²) in [5, 5.41) is 3.03. The molecule has 5 nitrogen and oxygen atoms in total. The van der Waals surface area contributed by atoms with Gasteiger partial charge in [-0.15, -0.1) is 0 Å². The second-order valence-electron chi connectivity index (χ2n) is 7.71. The zero-order chi connectivity index (χ0) is 23.0. The van der Waals surface area contributed by atoms with E-state index in [4.69, 9.17) is 4.74 Å². The Bertz CT molecular complexity index is 1230. The molecule has 1 aliphatic carbocycles. The van der Waals surface area contributed by atoms with Crippen molar-refractivity contribution in [1.82, 2.24) is 4.57 Å². The molecule has 4 rings (SSSR count). The molecule has 0 spiro atoms. The maximum Gasteiger partial charge on any atom is 0.255 e. The highest BCUT2D eigenvalue weighted by Crippen LogP contribution is 2.51. The van der Waals surface area contributed by atoms with Crippen LogP contribution in [0.1, 0.15) is 23.5 Å². The molecule has 1 fully saturated rings. The maximum absolute atomic E-state index is 14.4. The zero-order valence-electron chi connectivity index (χ0n) is 17.7. The van der Waals surface area contributed by atoms with Crippen LogP contribution in [0.2, 0.25) is 0 Å². The molecule has 0 saturated heterocycles. The molecule has 9 heteroatoms. The van der Waals surface area contributed by atoms with Gasteiger partial charge in [-0.25, -0.2) is 13.2 Å². The van der Waals surface area contributed by atoms with Gasteiger partial charge in [-0.3, -0.25) is 9.36 Å². The highest BCUT2D eigenvalue weighted by atomic mass is 32.2. The van der Waals surface area contributed by atoms with Crippen LogP contribution >= 0.6 is 11.9 Å². The lowest BCUT2D eigenvalue weighted by molar-refractivity contribution is 0.415. The summed E-state index contributed by atoms with van der Waals surface area (Å²) >= 11 is 1.35. The van der Waals surface area contributed by atoms with E-state index in [0.717, 1.165) is 11.6 Å². The lowest BCUT2D eigenvalue weighted by atomic mass is 10.1. The molecule has 2 unspecified atom stereocenters. The van der Waals surface area contributed by atoms with E-state index in [-0.39, 0.29) is 22.4 Å². The summed E-state index contributed by atoms with van der Waals surface area (Å²) in [5.41, 5.74) is 1.59. The van der Waals surface area contributed by atoms with E-state index in [1.54, 1.807) is 26.1 Å². The number of ether oxygens (including phenoxy) is 1. The SMILES string of the molecule is COc1cc(=O)n(C)c(Nc2ccc(C)cc2F)c1NSC1CC1c1ccc(F)cc1F. The molecule has 0 bridgehead atoms. The highest BCUT2D eigenvalue weighted by molar-refractivity contribution is 8.01. The van der Waals surface area contributed by atoms with Gasteiger partial charge >= 0.3 is 0 Å². The molecule has 0 radical (unpaired) electrons. The first-order chi connectivity index (χ1) is 15.3. The van der Waals surface area contributed by atoms with Crippen LogP contribution in [0.25, 0.3) is 0 Å². The van der Waals surface area contributed by atoms with Crippen LogP contribution in [-0.4, -0.2) is 16.9 Å². The van der Waals surface area contributed by atoms with Gasteiger partial charge in [0.25, 0.3) is 5.56 Å². The Labute approximate surface area is 187 Å². The molecule has 1 saturated carbocycles. The number of methoxy groups -OCH3 is 1. The van der Waals surface area contributed by atoms with Gasteiger partial charge in [-0.1, -0.05) is 12.1 Å². The van der Waals surface area contributed by atoms with Gasteiger partial charge in [0.2, 0.25) is 0 Å². The topological polar surface area (TPSA) is 55.3 Å². The standard InChI is InChI=1S/C23H22F3N3O2S/c1-12-4-7-18(17(26)8-12)27-23-22(19(31-3)11-21(30)29(23)2)28-32-20-10-15(20)14-6-5-13(24)9-16(14)25/h4-9,11,15,20,27-28H,10H2,1-3H3. The Morgan fingerprint density at radius 1 is 1.09 bits per heavy atom. The molecule has 1 aromatic heterocycles. The number of pyridine rings is 1. The van der Waals surface area contributed by atoms with Crippen LogP contribution in [0.5, 0.6) is 5.75 Å². The maximum atomic E-state index is 14.4. The van der Waals surface area contributed by atoms with Crippen molar-refractivity contribution in [2.24, 2.45) is 7.05 Å². The third-order valence-electron chi connectivity index (χ3n) is 5.41. The highest BCUT2D eigenvalue weighted by Gasteiger charge is 2.41. The predicted molar refractivity (Wildman–Crippen MR) is 121 cm³/mol. The summed E-state index contributed by atoms with van der Waals surface area (Å²) in [5.74, 6) is -1.06. The Balaban J connectivity index is 1.59. The van der Waals surface area contributed by atoms with Gasteiger partial charge in [0.05, 0.1) is 12.8 Å². The molecule has 2 aromatic carbocycles. The molecular weight excluding hydrogens is 439 g/mol. The van der Waals surface area contributed by atoms with Gasteiger partial charge in [0.1, 0.15) is 29.0 Å². The van der Waals surface area contributed by atoms with Crippen LogP contribution < -0.4 is 20.3 Å². The molecule has 2 N–H and O–H groups in total. The van der Waals surface area contributed by atoms with E-state index >= 15 is 0 Å². The Morgan fingerprint density at radius 2 is 1.88 bits per heavy atom. The number of aryl methyl sites for hydroxylation is 1. The van der Waals surface area contributed by atoms with Crippen molar-refractivity contribution in [2.45, 2.75) is 24.5 Å². The predicted octanol–water partition coefficient (Wildman–Crippen LogP) is 5.48. The monoisotopic (exact) mass is 461 g/mol. The lowest BCUT2D eigenvalue weighted by Crippen LogP contribution is -2.20. The largest absolute Gasteiger partial charge is 0.494 e. The molecule has 0 aliphatic heterocycles. The number of benzene rings is 2. The van der Waals surface area contributed by atoms with Gasteiger partial charge in [0.15, 0.2) is 5.75 Å². The number of hydrogen-bond donors (Lipinski definition) is 2. The van der Waals surface area contributed by atoms with Gasteiger partial charge < -0.3 is 14.8 Å². The minimum Gasteiger partial charge on any atom is -0.494 e. The summed E-state index contributed by atoms with van der Waals surface area (Å²) < 4.78 is 51.7. The summed E-state index contributed by atoms with van der Waals surface area (Å²) in [6, 6.07) is 9.70. The van der Waals surface area contributed by atoms with Crippen LogP contribution in [0.15, 0.2) is 47.3 Å². The van der Waals surface area contributed by atoms with Crippen molar-refractivity contribution in [3.63, 3.8) is 0 Å². The molecule has 2 atom stereocenters. The molecule has 1 aliphatic rings. The number of nitrogens with zero attached hydrogens (tertiary/aromatic N) is 1. The third-order valence-corrected chi connectivity index (χ3v) is 6.55. The van der Waals surface area contributed by atoms with Gasteiger partial charge in [0, 0.05) is 30.3 Å². The molecular formula is C23H22F3N3O2S. The molecule has 32 heavy (non-hydrogen) atoms. The summed E-state index contributed by atoms with van der Waals surface area (Å²) in [7, 11) is 3.01. The first-order valence-electron chi connectivity index (χ1n) is 9.96. The molecule has 3 aromatic rings. The van der Waals surface area contributed by atoms with Crippen molar-refractivity contribution in [3.05, 3.63) is 81.4 Å². The second kappa shape index (κ2) is 8.82. The van der Waals surface area contributed by atoms with Crippen molar-refractivity contribution in [2.75, 3.05) is 17.1 Å². The second-order valence-corrected chi connectivity index (χ2v) is 8.75. The molecule has 0 amide bonds. The lowest BCUT2D eigenvalue weighted by Gasteiger charge is -2.19. The first kappa shape index (κ1) is 22.1. The number of hydrogen-bond acceptors (Lipinski definition) is 5. The Morgan fingerprint density at radius 3 is 2.56 bits per heavy atom. The van der Waals surface area contributed by atoms with Crippen LogP contribution in [0, 0.1) is 24.4 Å². The van der Waals surface area contributed by atoms with Crippen molar-refractivity contribution in [3.8, 4) is 5.75 Å². The fraction of sp³-hybridized carbons (Fsp3) is 0.261. The van der Waals surface area contributed by atoms with Crippen LogP contribution in [0.4, 0.5) is 30.4 Å². The normalized spacial score (nSPS) is 17.2. The molecule has 1 heterocycles. The van der Waals surface area contributed by atoms with Crippen LogP contribution in [0.3, 0.4) is 0 Å². The Kier molecular flexibility index (Phi) is 6.10. The minimum atomic E-state index is -0.608. The zero-order valence-corrected chi connectivity index (χ0v) is 18.5. The number of rotatable bonds is 7. The van der Waals surface area contributed by atoms with Gasteiger partial charge in [-0.2, -0.15) is 0 Å². The van der Waals surface area contributed by atoms with Crippen molar-refractivity contribution < 1.29 is 17.9 Å². The smallest absolute Gasteiger partial charge is 0.255 e. The fourth-order valence-electron chi connectivity index (χ4n) is 3.50. The van der Waals surface area contributed by atoms with Crippen molar-refractivity contribution >= 4 is 29.1 Å². The minimum absolute atomic E-state index is 0.0425. The number of halogens is 3. The third kappa shape index (κ3) is 4.43. The van der Waals surface area contributed by atoms with Gasteiger partial charge in [-0.05, 0) is 54.6 Å². The summed E-state index contributed by atoms with van der Waals surface area (Å²) in [6.45, 7) is 1.79. The Hall–Kier alpha value is -3.07. The average Bonchev–Trinajstić information content (AvgIpc) is 3.51. The van der Waals surface area contributed by atoms with E-state index in [9.17, 15) is 18.0 Å². The van der Waals surface area contributed by atoms with E-state index in [2.05, 4.69) is 10.0 Å². The number of nitrogens with one attached hydrogen (secondary N) is 2. The summed E-state index contributed by atoms with van der Waals surface area (Å²) in [4.78, 5) is 12.4. The fourth-order valence-corrected chi connectivity index (χ4v) is 4.58. The number of aromatic nitrogens is 1. The quantitative estimate of drug-likeness (QED) is 0.457. The van der Waals surface area contributed by atoms with Crippen molar-refractivity contribution in [1.29, 1.82) is 0 Å². The van der Waals surface area contributed by atoms with E-state index in [1.165, 1.54) is 47.9 Å². The first-order valence-corrected chi connectivity index (χ1v) is 10.8. The molecule has 168 valence electrons. The van der Waals surface area contributed by atoms with E-state index in [0.29, 0.717) is 29.2 Å². The summed E-state index contributed by atoms with van der Waals surface area (Å²) in [6.07, 6.45) is 0.712.